The highest BCUT2D eigenvalue weighted by atomic mass is 28.4. The summed E-state index contributed by atoms with van der Waals surface area (Å²) in [5, 5.41) is 4.40. The molecule has 1 aliphatic carbocycles. The maximum absolute atomic E-state index is 8.83. The predicted molar refractivity (Wildman–Crippen MR) is 111 cm³/mol. The summed E-state index contributed by atoms with van der Waals surface area (Å²) >= 11 is 0. The Kier molecular flexibility index (Phi) is 7.02. The SMILES string of the molecule is CC(C)(C)[Si](C)(C)OC[C@H]1C[C@H](N=[N+]=[N-])[C@@H]1CO[Si](C)(C)C(C)(C)C. The third kappa shape index (κ3) is 5.57. The molecule has 0 amide bonds. The Morgan fingerprint density at radius 1 is 0.920 bits per heavy atom. The second-order valence-corrected chi connectivity index (χ2v) is 20.2. The number of hydrogen-bond donors (Lipinski definition) is 0. The standard InChI is InChI=1S/C18H39N3O2Si2/c1-17(2,3)24(7,8)22-12-14-11-16(20-21-19)15(14)13-23-25(9,10)18(4,5)6/h14-16H,11-13H2,1-10H3/t14-,15-,16+/m1/s1. The average molecular weight is 386 g/mol. The second kappa shape index (κ2) is 7.73. The van der Waals surface area contributed by atoms with Crippen LogP contribution in [0, 0.1) is 11.8 Å². The van der Waals surface area contributed by atoms with Gasteiger partial charge in [0.25, 0.3) is 0 Å². The van der Waals surface area contributed by atoms with Gasteiger partial charge >= 0.3 is 0 Å². The molecule has 3 atom stereocenters. The van der Waals surface area contributed by atoms with Crippen molar-refractivity contribution in [2.75, 3.05) is 13.2 Å². The Labute approximate surface area is 156 Å². The summed E-state index contributed by atoms with van der Waals surface area (Å²) in [6, 6.07) is 0.0581. The second-order valence-electron chi connectivity index (χ2n) is 10.6. The maximum Gasteiger partial charge on any atom is 0.191 e. The number of rotatable bonds is 7. The smallest absolute Gasteiger partial charge is 0.191 e. The van der Waals surface area contributed by atoms with E-state index in [-0.39, 0.29) is 22.0 Å². The van der Waals surface area contributed by atoms with Gasteiger partial charge in [0.15, 0.2) is 16.6 Å². The molecule has 0 spiro atoms. The Morgan fingerprint density at radius 3 is 1.76 bits per heavy atom. The van der Waals surface area contributed by atoms with Gasteiger partial charge in [0.1, 0.15) is 0 Å². The van der Waals surface area contributed by atoms with Crippen molar-refractivity contribution >= 4 is 16.6 Å². The van der Waals surface area contributed by atoms with E-state index in [1.165, 1.54) is 0 Å². The Hall–Kier alpha value is -0.336. The van der Waals surface area contributed by atoms with E-state index >= 15 is 0 Å². The van der Waals surface area contributed by atoms with Gasteiger partial charge in [-0.1, -0.05) is 46.7 Å². The first kappa shape index (κ1) is 22.7. The van der Waals surface area contributed by atoms with Crippen molar-refractivity contribution in [1.29, 1.82) is 0 Å². The largest absolute Gasteiger partial charge is 0.417 e. The minimum Gasteiger partial charge on any atom is -0.417 e. The Morgan fingerprint density at radius 2 is 1.36 bits per heavy atom. The van der Waals surface area contributed by atoms with Crippen molar-refractivity contribution in [1.82, 2.24) is 0 Å². The van der Waals surface area contributed by atoms with Gasteiger partial charge in [-0.15, -0.1) is 0 Å². The lowest BCUT2D eigenvalue weighted by atomic mass is 9.70. The van der Waals surface area contributed by atoms with E-state index in [1.54, 1.807) is 0 Å². The molecule has 0 heterocycles. The van der Waals surface area contributed by atoms with Gasteiger partial charge in [0.2, 0.25) is 0 Å². The van der Waals surface area contributed by atoms with E-state index in [2.05, 4.69) is 77.8 Å². The Balaban J connectivity index is 2.71. The van der Waals surface area contributed by atoms with Gasteiger partial charge in [0.05, 0.1) is 0 Å². The van der Waals surface area contributed by atoms with E-state index in [4.69, 9.17) is 14.4 Å². The number of nitrogens with zero attached hydrogens (tertiary/aromatic N) is 3. The summed E-state index contributed by atoms with van der Waals surface area (Å²) in [7, 11) is -3.53. The fourth-order valence-corrected chi connectivity index (χ4v) is 4.57. The molecule has 1 fully saturated rings. The van der Waals surface area contributed by atoms with Crippen LogP contribution in [0.4, 0.5) is 0 Å². The number of hydrogen-bond acceptors (Lipinski definition) is 3. The quantitative estimate of drug-likeness (QED) is 0.222. The van der Waals surface area contributed by atoms with Crippen LogP contribution in [0.1, 0.15) is 48.0 Å². The van der Waals surface area contributed by atoms with Crippen LogP contribution in [0.25, 0.3) is 10.4 Å². The normalized spacial score (nSPS) is 25.3. The molecule has 0 aromatic rings. The molecule has 0 radical (unpaired) electrons. The molecule has 25 heavy (non-hydrogen) atoms. The highest BCUT2D eigenvalue weighted by Gasteiger charge is 2.45. The van der Waals surface area contributed by atoms with E-state index in [1.807, 2.05) is 0 Å². The molecule has 0 aliphatic heterocycles. The van der Waals surface area contributed by atoms with Crippen LogP contribution in [-0.2, 0) is 8.85 Å². The summed E-state index contributed by atoms with van der Waals surface area (Å²) in [6.45, 7) is 24.1. The summed E-state index contributed by atoms with van der Waals surface area (Å²) in [5.74, 6) is 0.726. The van der Waals surface area contributed by atoms with Gasteiger partial charge in [-0.25, -0.2) is 0 Å². The van der Waals surface area contributed by atoms with Crippen molar-refractivity contribution < 1.29 is 8.85 Å². The predicted octanol–water partition coefficient (Wildman–Crippen LogP) is 6.35. The van der Waals surface area contributed by atoms with Gasteiger partial charge in [0, 0.05) is 24.2 Å². The van der Waals surface area contributed by atoms with Gasteiger partial charge < -0.3 is 8.85 Å². The van der Waals surface area contributed by atoms with Gasteiger partial charge in [-0.05, 0) is 60.1 Å². The molecule has 0 aromatic heterocycles. The van der Waals surface area contributed by atoms with Crippen LogP contribution in [0.2, 0.25) is 36.3 Å². The first-order valence-corrected chi connectivity index (χ1v) is 15.3. The van der Waals surface area contributed by atoms with Crippen molar-refractivity contribution in [3.05, 3.63) is 10.4 Å². The molecule has 1 rings (SSSR count). The molecule has 0 aromatic carbocycles. The fourth-order valence-electron chi connectivity index (χ4n) is 2.47. The molecule has 5 nitrogen and oxygen atoms in total. The molecule has 7 heteroatoms. The third-order valence-corrected chi connectivity index (χ3v) is 15.8. The summed E-state index contributed by atoms with van der Waals surface area (Å²) in [6.07, 6.45) is 0.921. The van der Waals surface area contributed by atoms with Crippen molar-refractivity contribution in [2.45, 2.75) is 90.3 Å². The Bertz CT molecular complexity index is 503. The topological polar surface area (TPSA) is 67.2 Å². The molecule has 0 unspecified atom stereocenters. The maximum atomic E-state index is 8.83. The molecule has 146 valence electrons. The minimum atomic E-state index is -1.79. The zero-order chi connectivity index (χ0) is 19.7. The molecular weight excluding hydrogens is 346 g/mol. The molecule has 0 saturated heterocycles. The van der Waals surface area contributed by atoms with E-state index < -0.39 is 16.6 Å². The van der Waals surface area contributed by atoms with Crippen LogP contribution in [0.5, 0.6) is 0 Å². The van der Waals surface area contributed by atoms with Crippen LogP contribution in [-0.4, -0.2) is 35.9 Å². The molecule has 0 N–H and O–H groups in total. The lowest BCUT2D eigenvalue weighted by molar-refractivity contribution is 0.0325. The number of azide groups is 1. The van der Waals surface area contributed by atoms with E-state index in [9.17, 15) is 0 Å². The first-order valence-electron chi connectivity index (χ1n) is 9.44. The van der Waals surface area contributed by atoms with Crippen LogP contribution < -0.4 is 0 Å². The average Bonchev–Trinajstić information content (AvgIpc) is 2.39. The van der Waals surface area contributed by atoms with Crippen LogP contribution in [0.3, 0.4) is 0 Å². The van der Waals surface area contributed by atoms with Crippen LogP contribution >= 0.6 is 0 Å². The molecule has 1 saturated carbocycles. The van der Waals surface area contributed by atoms with E-state index in [0.29, 0.717) is 12.5 Å². The summed E-state index contributed by atoms with van der Waals surface area (Å²) < 4.78 is 12.8. The summed E-state index contributed by atoms with van der Waals surface area (Å²) in [5.41, 5.74) is 8.83. The lowest BCUT2D eigenvalue weighted by Gasteiger charge is -2.47. The van der Waals surface area contributed by atoms with Crippen LogP contribution in [0.15, 0.2) is 5.11 Å². The lowest BCUT2D eigenvalue weighted by Crippen LogP contribution is -2.51. The highest BCUT2D eigenvalue weighted by Crippen LogP contribution is 2.43. The first-order chi connectivity index (χ1) is 11.1. The van der Waals surface area contributed by atoms with Crippen molar-refractivity contribution in [3.8, 4) is 0 Å². The highest BCUT2D eigenvalue weighted by molar-refractivity contribution is 6.74. The third-order valence-electron chi connectivity index (χ3n) is 6.75. The van der Waals surface area contributed by atoms with Crippen molar-refractivity contribution in [3.63, 3.8) is 0 Å². The molecule has 1 aliphatic rings. The molecular formula is C18H39N3O2Si2. The van der Waals surface area contributed by atoms with Gasteiger partial charge in [-0.2, -0.15) is 0 Å². The summed E-state index contributed by atoms with van der Waals surface area (Å²) in [4.78, 5) is 3.03. The zero-order valence-electron chi connectivity index (χ0n) is 18.0. The minimum absolute atomic E-state index is 0.0581. The fraction of sp³-hybridized carbons (Fsp3) is 1.00. The van der Waals surface area contributed by atoms with Crippen molar-refractivity contribution in [2.24, 2.45) is 17.0 Å². The molecule has 0 bridgehead atoms. The monoisotopic (exact) mass is 385 g/mol. The zero-order valence-corrected chi connectivity index (χ0v) is 20.0. The van der Waals surface area contributed by atoms with E-state index in [0.717, 1.165) is 13.0 Å². The van der Waals surface area contributed by atoms with Gasteiger partial charge in [-0.3, -0.25) is 0 Å².